The minimum atomic E-state index is -3.77. The summed E-state index contributed by atoms with van der Waals surface area (Å²) in [6.07, 6.45) is 1.29. The molecule has 3 fully saturated rings. The zero-order valence-corrected chi connectivity index (χ0v) is 19.1. The number of thiazole rings is 1. The van der Waals surface area contributed by atoms with Gasteiger partial charge in [0.2, 0.25) is 10.0 Å². The van der Waals surface area contributed by atoms with Crippen LogP contribution in [0.25, 0.3) is 10.8 Å². The van der Waals surface area contributed by atoms with E-state index in [2.05, 4.69) is 20.2 Å². The Labute approximate surface area is 192 Å². The molecule has 2 unspecified atom stereocenters. The van der Waals surface area contributed by atoms with E-state index in [0.29, 0.717) is 34.4 Å². The molecule has 176 valence electrons. The van der Waals surface area contributed by atoms with E-state index in [1.54, 1.807) is 25.3 Å². The summed E-state index contributed by atoms with van der Waals surface area (Å²) < 4.78 is 64.4. The van der Waals surface area contributed by atoms with Gasteiger partial charge in [-0.2, -0.15) is 8.78 Å². The maximum atomic E-state index is 13.4. The lowest BCUT2D eigenvalue weighted by atomic mass is 10.00. The fraction of sp³-hybridized carbons (Fsp3) is 0.474. The Kier molecular flexibility index (Phi) is 5.84. The predicted octanol–water partition coefficient (Wildman–Crippen LogP) is 2.60. The number of sulfonamides is 1. The molecule has 14 heteroatoms. The van der Waals surface area contributed by atoms with Gasteiger partial charge >= 0.3 is 6.43 Å². The zero-order valence-electron chi connectivity index (χ0n) is 17.5. The molecule has 2 atom stereocenters. The van der Waals surface area contributed by atoms with Crippen molar-refractivity contribution in [2.24, 2.45) is 0 Å². The van der Waals surface area contributed by atoms with Crippen LogP contribution in [0.2, 0.25) is 0 Å². The van der Waals surface area contributed by atoms with Gasteiger partial charge in [-0.25, -0.2) is 13.4 Å². The minimum Gasteiger partial charge on any atom is -0.414 e. The van der Waals surface area contributed by atoms with Gasteiger partial charge in [-0.3, -0.25) is 14.2 Å². The number of morpholine rings is 1. The quantitative estimate of drug-likeness (QED) is 0.462. The molecule has 0 aromatic carbocycles. The molecule has 3 aliphatic rings. The van der Waals surface area contributed by atoms with Gasteiger partial charge in [-0.15, -0.1) is 21.5 Å². The first kappa shape index (κ1) is 22.3. The Hall–Kier alpha value is -2.55. The van der Waals surface area contributed by atoms with E-state index in [4.69, 9.17) is 9.15 Å². The van der Waals surface area contributed by atoms with Crippen LogP contribution in [0.1, 0.15) is 29.4 Å². The first-order chi connectivity index (χ1) is 15.8. The Morgan fingerprint density at radius 2 is 2.06 bits per heavy atom. The van der Waals surface area contributed by atoms with E-state index in [9.17, 15) is 17.2 Å². The van der Waals surface area contributed by atoms with Crippen LogP contribution in [0.4, 0.5) is 14.5 Å². The van der Waals surface area contributed by atoms with Crippen LogP contribution in [0, 0.1) is 6.92 Å². The molecule has 10 nitrogen and oxygen atoms in total. The fourth-order valence-electron chi connectivity index (χ4n) is 3.95. The molecular weight excluding hydrogens is 478 g/mol. The smallest absolute Gasteiger partial charge is 0.314 e. The lowest BCUT2D eigenvalue weighted by molar-refractivity contribution is -0.177. The average molecular weight is 499 g/mol. The Morgan fingerprint density at radius 1 is 1.30 bits per heavy atom. The van der Waals surface area contributed by atoms with Gasteiger partial charge in [0.25, 0.3) is 11.8 Å². The molecule has 3 aromatic heterocycles. The fourth-order valence-corrected chi connectivity index (χ4v) is 6.57. The summed E-state index contributed by atoms with van der Waals surface area (Å²) >= 11 is 1.12. The molecule has 0 saturated carbocycles. The SMILES string of the molecule is Cc1nc(CN(c2cccnc2)S(=O)(=O)CN2CC3CC(C2)O3)sc1-c1nnc(C(F)F)o1. The van der Waals surface area contributed by atoms with Gasteiger partial charge in [-0.05, 0) is 19.1 Å². The molecular formula is C19H20F2N6O4S2. The van der Waals surface area contributed by atoms with Gasteiger partial charge in [0.15, 0.2) is 0 Å². The monoisotopic (exact) mass is 498 g/mol. The van der Waals surface area contributed by atoms with Crippen LogP contribution in [0.5, 0.6) is 0 Å². The standard InChI is InChI=1S/C19H20F2N6O4S2/c1-11-16(18-24-25-19(31-18)17(20)21)32-15(23-11)9-27(12-3-2-4-22-6-12)33(28,29)10-26-7-13-5-14(8-26)30-13/h2-4,6,13-14,17H,5,7-10H2,1H3. The van der Waals surface area contributed by atoms with Crippen molar-refractivity contribution < 1.29 is 26.4 Å². The minimum absolute atomic E-state index is 0.0490. The van der Waals surface area contributed by atoms with Crippen LogP contribution in [-0.2, 0) is 21.3 Å². The van der Waals surface area contributed by atoms with Crippen molar-refractivity contribution in [1.29, 1.82) is 0 Å². The molecule has 3 saturated heterocycles. The van der Waals surface area contributed by atoms with Crippen LogP contribution in [0.3, 0.4) is 0 Å². The van der Waals surface area contributed by atoms with E-state index in [0.717, 1.165) is 17.8 Å². The van der Waals surface area contributed by atoms with Gasteiger partial charge in [0.1, 0.15) is 15.8 Å². The summed E-state index contributed by atoms with van der Waals surface area (Å²) in [5.41, 5.74) is 0.888. The number of halogens is 2. The molecule has 2 bridgehead atoms. The van der Waals surface area contributed by atoms with Crippen LogP contribution < -0.4 is 4.31 Å². The number of hydrogen-bond acceptors (Lipinski definition) is 10. The molecule has 3 aromatic rings. The molecule has 0 aliphatic carbocycles. The van der Waals surface area contributed by atoms with Gasteiger partial charge in [0, 0.05) is 25.7 Å². The van der Waals surface area contributed by atoms with Crippen molar-refractivity contribution in [3.05, 3.63) is 41.1 Å². The van der Waals surface area contributed by atoms with Crippen LogP contribution in [0.15, 0.2) is 28.9 Å². The maximum Gasteiger partial charge on any atom is 0.314 e. The number of rotatable bonds is 8. The number of alkyl halides is 2. The normalized spacial score (nSPS) is 20.7. The van der Waals surface area contributed by atoms with Crippen molar-refractivity contribution in [2.75, 3.05) is 23.3 Å². The van der Waals surface area contributed by atoms with Gasteiger partial charge < -0.3 is 9.15 Å². The zero-order chi connectivity index (χ0) is 23.2. The number of hydrogen-bond donors (Lipinski definition) is 0. The molecule has 6 heterocycles. The van der Waals surface area contributed by atoms with Crippen LogP contribution >= 0.6 is 11.3 Å². The van der Waals surface area contributed by atoms with E-state index in [-0.39, 0.29) is 30.5 Å². The number of pyridine rings is 1. The van der Waals surface area contributed by atoms with Crippen molar-refractivity contribution in [2.45, 2.75) is 38.5 Å². The number of aromatic nitrogens is 4. The largest absolute Gasteiger partial charge is 0.414 e. The summed E-state index contributed by atoms with van der Waals surface area (Å²) in [5.74, 6) is -1.01. The molecule has 3 aliphatic heterocycles. The number of fused-ring (bicyclic) bond motifs is 2. The second-order valence-corrected chi connectivity index (χ2v) is 10.8. The number of ether oxygens (including phenoxy) is 1. The lowest BCUT2D eigenvalue weighted by Crippen LogP contribution is -2.58. The second-order valence-electron chi connectivity index (χ2n) is 7.88. The van der Waals surface area contributed by atoms with E-state index >= 15 is 0 Å². The average Bonchev–Trinajstić information content (AvgIpc) is 3.38. The number of aryl methyl sites for hydroxylation is 1. The topological polar surface area (TPSA) is 115 Å². The summed E-state index contributed by atoms with van der Waals surface area (Å²) in [5, 5.41) is 7.47. The van der Waals surface area contributed by atoms with Gasteiger partial charge in [-0.1, -0.05) is 0 Å². The third-order valence-electron chi connectivity index (χ3n) is 5.39. The highest BCUT2D eigenvalue weighted by atomic mass is 32.2. The first-order valence-corrected chi connectivity index (χ1v) is 12.6. The third kappa shape index (κ3) is 4.60. The maximum absolute atomic E-state index is 13.4. The predicted molar refractivity (Wildman–Crippen MR) is 114 cm³/mol. The lowest BCUT2D eigenvalue weighted by Gasteiger charge is -2.47. The number of nitrogens with zero attached hydrogens (tertiary/aromatic N) is 6. The first-order valence-electron chi connectivity index (χ1n) is 10.1. The van der Waals surface area contributed by atoms with Crippen molar-refractivity contribution in [3.63, 3.8) is 0 Å². The second kappa shape index (κ2) is 8.66. The Bertz CT molecular complexity index is 1220. The Morgan fingerprint density at radius 3 is 2.70 bits per heavy atom. The van der Waals surface area contributed by atoms with E-state index in [1.807, 2.05) is 4.90 Å². The van der Waals surface area contributed by atoms with E-state index < -0.39 is 22.3 Å². The summed E-state index contributed by atoms with van der Waals surface area (Å²) in [7, 11) is -3.77. The van der Waals surface area contributed by atoms with E-state index in [1.165, 1.54) is 10.5 Å². The highest BCUT2D eigenvalue weighted by Crippen LogP contribution is 2.33. The number of piperidine rings is 1. The van der Waals surface area contributed by atoms with Gasteiger partial charge in [0.05, 0.1) is 36.3 Å². The highest BCUT2D eigenvalue weighted by Gasteiger charge is 2.40. The van der Waals surface area contributed by atoms with Crippen molar-refractivity contribution >= 4 is 27.0 Å². The van der Waals surface area contributed by atoms with Crippen molar-refractivity contribution in [3.8, 4) is 10.8 Å². The summed E-state index contributed by atoms with van der Waals surface area (Å²) in [6.45, 7) is 2.76. The summed E-state index contributed by atoms with van der Waals surface area (Å²) in [6, 6.07) is 3.32. The molecule has 33 heavy (non-hydrogen) atoms. The molecule has 0 amide bonds. The third-order valence-corrected chi connectivity index (χ3v) is 8.22. The Balaban J connectivity index is 1.41. The van der Waals surface area contributed by atoms with Crippen LogP contribution in [-0.4, -0.2) is 64.7 Å². The molecule has 0 radical (unpaired) electrons. The summed E-state index contributed by atoms with van der Waals surface area (Å²) in [4.78, 5) is 10.8. The van der Waals surface area contributed by atoms with Crippen molar-refractivity contribution in [1.82, 2.24) is 25.1 Å². The molecule has 6 rings (SSSR count). The number of anilines is 1. The molecule has 0 N–H and O–H groups in total. The molecule has 0 spiro atoms. The highest BCUT2D eigenvalue weighted by molar-refractivity contribution is 7.92.